The fourth-order valence-corrected chi connectivity index (χ4v) is 3.67. The van der Waals surface area contributed by atoms with Gasteiger partial charge in [0.2, 0.25) is 11.8 Å². The normalized spacial score (nSPS) is 21.6. The number of carboxylic acids is 1. The fourth-order valence-electron chi connectivity index (χ4n) is 3.67. The summed E-state index contributed by atoms with van der Waals surface area (Å²) in [6, 6.07) is -0.750. The molecule has 1 atom stereocenters. The number of hydrogen-bond donors (Lipinski definition) is 2. The van der Waals surface area contributed by atoms with Crippen LogP contribution >= 0.6 is 0 Å². The Morgan fingerprint density at radius 3 is 2.58 bits per heavy atom. The van der Waals surface area contributed by atoms with Crippen molar-refractivity contribution in [2.24, 2.45) is 11.1 Å². The van der Waals surface area contributed by atoms with Crippen LogP contribution in [0, 0.1) is 5.41 Å². The van der Waals surface area contributed by atoms with E-state index in [-0.39, 0.29) is 30.1 Å². The van der Waals surface area contributed by atoms with Crippen molar-refractivity contribution in [3.05, 3.63) is 12.7 Å². The predicted molar refractivity (Wildman–Crippen MR) is 89.1 cm³/mol. The van der Waals surface area contributed by atoms with E-state index in [4.69, 9.17) is 10.8 Å². The Morgan fingerprint density at radius 2 is 2.00 bits per heavy atom. The minimum Gasteiger partial charge on any atom is -0.481 e. The second-order valence-corrected chi connectivity index (χ2v) is 6.93. The van der Waals surface area contributed by atoms with Gasteiger partial charge >= 0.3 is 5.97 Å². The van der Waals surface area contributed by atoms with Gasteiger partial charge in [0.05, 0.1) is 6.04 Å². The molecule has 0 aliphatic carbocycles. The van der Waals surface area contributed by atoms with Crippen molar-refractivity contribution in [2.75, 3.05) is 26.2 Å². The molecule has 0 aromatic rings. The first kappa shape index (κ1) is 18.4. The van der Waals surface area contributed by atoms with Crippen molar-refractivity contribution in [2.45, 2.75) is 44.6 Å². The number of amides is 2. The molecule has 7 nitrogen and oxygen atoms in total. The lowest BCUT2D eigenvalue weighted by Gasteiger charge is -2.47. The summed E-state index contributed by atoms with van der Waals surface area (Å²) in [5.74, 6) is -0.930. The van der Waals surface area contributed by atoms with Gasteiger partial charge in [-0.05, 0) is 31.1 Å². The molecule has 0 radical (unpaired) electrons. The number of piperidine rings is 2. The first-order chi connectivity index (χ1) is 11.4. The minimum atomic E-state index is -0.940. The van der Waals surface area contributed by atoms with E-state index in [1.54, 1.807) is 11.0 Å². The van der Waals surface area contributed by atoms with E-state index >= 15 is 0 Å². The van der Waals surface area contributed by atoms with Crippen LogP contribution in [0.5, 0.6) is 0 Å². The van der Waals surface area contributed by atoms with Crippen LogP contribution in [0.3, 0.4) is 0 Å². The minimum absolute atomic E-state index is 0.0822. The molecule has 2 rings (SSSR count). The summed E-state index contributed by atoms with van der Waals surface area (Å²) in [5.41, 5.74) is 5.91. The molecule has 0 aromatic heterocycles. The zero-order valence-corrected chi connectivity index (χ0v) is 14.1. The largest absolute Gasteiger partial charge is 0.481 e. The molecule has 0 saturated carbocycles. The summed E-state index contributed by atoms with van der Waals surface area (Å²) in [6.45, 7) is 6.25. The summed E-state index contributed by atoms with van der Waals surface area (Å²) in [6.07, 6.45) is 4.95. The Morgan fingerprint density at radius 1 is 1.33 bits per heavy atom. The molecule has 7 heteroatoms. The van der Waals surface area contributed by atoms with E-state index in [2.05, 4.69) is 6.58 Å². The number of aliphatic carboxylic acids is 1. The first-order valence-electron chi connectivity index (χ1n) is 8.52. The van der Waals surface area contributed by atoms with Gasteiger partial charge in [0.25, 0.3) is 0 Å². The maximum atomic E-state index is 12.3. The lowest BCUT2D eigenvalue weighted by atomic mass is 9.72. The van der Waals surface area contributed by atoms with Crippen LogP contribution in [0.2, 0.25) is 0 Å². The number of nitrogens with zero attached hydrogens (tertiary/aromatic N) is 2. The van der Waals surface area contributed by atoms with Gasteiger partial charge in [0, 0.05) is 39.0 Å². The van der Waals surface area contributed by atoms with Crippen LogP contribution in [0.25, 0.3) is 0 Å². The van der Waals surface area contributed by atoms with Gasteiger partial charge in [0.1, 0.15) is 0 Å². The van der Waals surface area contributed by atoms with E-state index in [9.17, 15) is 14.4 Å². The molecule has 2 saturated heterocycles. The maximum Gasteiger partial charge on any atom is 0.303 e. The monoisotopic (exact) mass is 337 g/mol. The Bertz CT molecular complexity index is 512. The Hall–Kier alpha value is -1.89. The molecule has 2 heterocycles. The third kappa shape index (κ3) is 4.35. The molecule has 134 valence electrons. The highest BCUT2D eigenvalue weighted by Gasteiger charge is 2.41. The number of carbonyl (C=O) groups is 3. The molecule has 2 fully saturated rings. The lowest BCUT2D eigenvalue weighted by molar-refractivity contribution is -0.143. The zero-order chi connectivity index (χ0) is 17.7. The van der Waals surface area contributed by atoms with E-state index in [1.807, 2.05) is 4.90 Å². The van der Waals surface area contributed by atoms with Gasteiger partial charge in [0.15, 0.2) is 0 Å². The molecule has 0 unspecified atom stereocenters. The molecule has 2 aliphatic rings. The molecular formula is C17H27N3O4. The van der Waals surface area contributed by atoms with Crippen molar-refractivity contribution in [3.63, 3.8) is 0 Å². The van der Waals surface area contributed by atoms with Crippen LogP contribution in [-0.4, -0.2) is 64.9 Å². The van der Waals surface area contributed by atoms with Crippen molar-refractivity contribution in [1.82, 2.24) is 9.80 Å². The highest BCUT2D eigenvalue weighted by Crippen LogP contribution is 2.40. The van der Waals surface area contributed by atoms with Crippen molar-refractivity contribution >= 4 is 17.8 Å². The Balaban J connectivity index is 1.88. The number of hydrogen-bond acceptors (Lipinski definition) is 4. The summed E-state index contributed by atoms with van der Waals surface area (Å²) in [5, 5.41) is 8.69. The smallest absolute Gasteiger partial charge is 0.303 e. The zero-order valence-electron chi connectivity index (χ0n) is 14.1. The number of carbonyl (C=O) groups excluding carboxylic acids is 2. The SMILES string of the molecule is C=CCN1CC2(CCC1=O)CCN(C(=O)[C@@H](N)CCC(=O)O)CC2. The molecule has 3 N–H and O–H groups in total. The third-order valence-electron chi connectivity index (χ3n) is 5.22. The van der Waals surface area contributed by atoms with Crippen LogP contribution in [0.1, 0.15) is 38.5 Å². The summed E-state index contributed by atoms with van der Waals surface area (Å²) in [7, 11) is 0. The van der Waals surface area contributed by atoms with Crippen LogP contribution in [0.4, 0.5) is 0 Å². The van der Waals surface area contributed by atoms with Crippen LogP contribution in [0.15, 0.2) is 12.7 Å². The average Bonchev–Trinajstić information content (AvgIpc) is 2.56. The molecule has 1 spiro atoms. The molecular weight excluding hydrogens is 310 g/mol. The van der Waals surface area contributed by atoms with Crippen molar-refractivity contribution < 1.29 is 19.5 Å². The average molecular weight is 337 g/mol. The number of likely N-dealkylation sites (tertiary alicyclic amines) is 2. The highest BCUT2D eigenvalue weighted by atomic mass is 16.4. The Kier molecular flexibility index (Phi) is 5.99. The van der Waals surface area contributed by atoms with Crippen LogP contribution in [-0.2, 0) is 14.4 Å². The molecule has 24 heavy (non-hydrogen) atoms. The fraction of sp³-hybridized carbons (Fsp3) is 0.706. The first-order valence-corrected chi connectivity index (χ1v) is 8.52. The van der Waals surface area contributed by atoms with Gasteiger partial charge in [-0.15, -0.1) is 6.58 Å². The van der Waals surface area contributed by atoms with E-state index < -0.39 is 12.0 Å². The third-order valence-corrected chi connectivity index (χ3v) is 5.22. The highest BCUT2D eigenvalue weighted by molar-refractivity contribution is 5.82. The van der Waals surface area contributed by atoms with Gasteiger partial charge in [-0.1, -0.05) is 6.08 Å². The molecule has 2 amide bonds. The molecule has 0 aromatic carbocycles. The lowest BCUT2D eigenvalue weighted by Crippen LogP contribution is -2.54. The second kappa shape index (κ2) is 7.79. The van der Waals surface area contributed by atoms with Gasteiger partial charge in [-0.3, -0.25) is 14.4 Å². The van der Waals surface area contributed by atoms with Crippen molar-refractivity contribution in [3.8, 4) is 0 Å². The van der Waals surface area contributed by atoms with Crippen molar-refractivity contribution in [1.29, 1.82) is 0 Å². The summed E-state index contributed by atoms with van der Waals surface area (Å²) in [4.78, 5) is 38.5. The van der Waals surface area contributed by atoms with Crippen LogP contribution < -0.4 is 5.73 Å². The standard InChI is InChI=1S/C17H27N3O4/c1-2-9-20-12-17(6-5-14(20)21)7-10-19(11-8-17)16(24)13(18)3-4-15(22)23/h2,13H,1,3-12,18H2,(H,22,23)/t13-/m0/s1. The number of rotatable bonds is 6. The van der Waals surface area contributed by atoms with Gasteiger partial charge in [-0.2, -0.15) is 0 Å². The summed E-state index contributed by atoms with van der Waals surface area (Å²) >= 11 is 0. The second-order valence-electron chi connectivity index (χ2n) is 6.93. The summed E-state index contributed by atoms with van der Waals surface area (Å²) < 4.78 is 0. The van der Waals surface area contributed by atoms with E-state index in [0.29, 0.717) is 26.1 Å². The molecule has 0 bridgehead atoms. The quantitative estimate of drug-likeness (QED) is 0.691. The van der Waals surface area contributed by atoms with Gasteiger partial charge in [-0.25, -0.2) is 0 Å². The van der Waals surface area contributed by atoms with E-state index in [0.717, 1.165) is 25.8 Å². The predicted octanol–water partition coefficient (Wildman–Crippen LogP) is 0.596. The van der Waals surface area contributed by atoms with Gasteiger partial charge < -0.3 is 20.6 Å². The number of carboxylic acid groups (broad SMARTS) is 1. The van der Waals surface area contributed by atoms with E-state index in [1.165, 1.54) is 0 Å². The number of nitrogens with two attached hydrogens (primary N) is 1. The maximum absolute atomic E-state index is 12.3. The molecule has 2 aliphatic heterocycles. The topological polar surface area (TPSA) is 104 Å². The Labute approximate surface area is 142 Å².